The smallest absolute Gasteiger partial charge is 0.166 e. The Hall–Kier alpha value is -6.39. The molecule has 47 heavy (non-hydrogen) atoms. The summed E-state index contributed by atoms with van der Waals surface area (Å²) >= 11 is 0. The number of para-hydroxylation sites is 1. The van der Waals surface area contributed by atoms with Crippen molar-refractivity contribution in [2.24, 2.45) is 0 Å². The van der Waals surface area contributed by atoms with E-state index in [2.05, 4.69) is 114 Å². The third-order valence-electron chi connectivity index (χ3n) is 8.85. The molecule has 0 radical (unpaired) electrons. The van der Waals surface area contributed by atoms with E-state index in [0.717, 1.165) is 44.5 Å². The minimum Gasteiger partial charge on any atom is -0.308 e. The van der Waals surface area contributed by atoms with Crippen LogP contribution in [0, 0.1) is 0 Å². The highest BCUT2D eigenvalue weighted by Gasteiger charge is 2.21. The highest BCUT2D eigenvalue weighted by atomic mass is 15.1. The van der Waals surface area contributed by atoms with Crippen molar-refractivity contribution >= 4 is 32.6 Å². The average molecular weight is 601 g/mol. The van der Waals surface area contributed by atoms with E-state index in [1.54, 1.807) is 0 Å². The minimum atomic E-state index is 0.624. The molecule has 9 aromatic rings. The fraction of sp³-hybridized carbons (Fsp3) is 0. The first-order valence-electron chi connectivity index (χ1n) is 15.8. The number of rotatable bonds is 5. The van der Waals surface area contributed by atoms with Crippen molar-refractivity contribution in [2.75, 3.05) is 0 Å². The highest BCUT2D eigenvalue weighted by Crippen LogP contribution is 2.40. The molecular formula is C43H28N4. The maximum absolute atomic E-state index is 5.15. The van der Waals surface area contributed by atoms with Crippen molar-refractivity contribution in [3.63, 3.8) is 0 Å². The molecule has 0 amide bonds. The lowest BCUT2D eigenvalue weighted by Crippen LogP contribution is -2.04. The molecule has 0 atom stereocenters. The van der Waals surface area contributed by atoms with Gasteiger partial charge in [-0.2, -0.15) is 0 Å². The van der Waals surface area contributed by atoms with E-state index < -0.39 is 0 Å². The van der Waals surface area contributed by atoms with Gasteiger partial charge in [-0.15, -0.1) is 0 Å². The van der Waals surface area contributed by atoms with Gasteiger partial charge in [0.15, 0.2) is 17.5 Å². The molecule has 0 spiro atoms. The fourth-order valence-electron chi connectivity index (χ4n) is 6.64. The first-order chi connectivity index (χ1) is 23.3. The zero-order valence-electron chi connectivity index (χ0n) is 25.5. The summed E-state index contributed by atoms with van der Waals surface area (Å²) in [7, 11) is 0. The predicted octanol–water partition coefficient (Wildman–Crippen LogP) is 10.8. The van der Waals surface area contributed by atoms with Crippen LogP contribution in [-0.4, -0.2) is 19.5 Å². The molecule has 9 rings (SSSR count). The molecule has 0 aliphatic heterocycles. The number of benzene rings is 7. The molecule has 0 N–H and O–H groups in total. The van der Waals surface area contributed by atoms with Gasteiger partial charge in [-0.1, -0.05) is 146 Å². The van der Waals surface area contributed by atoms with Crippen LogP contribution in [0.1, 0.15) is 0 Å². The molecule has 4 heteroatoms. The largest absolute Gasteiger partial charge is 0.308 e. The molecule has 0 bridgehead atoms. The van der Waals surface area contributed by atoms with E-state index in [9.17, 15) is 0 Å². The summed E-state index contributed by atoms with van der Waals surface area (Å²) in [5.41, 5.74) is 8.37. The third-order valence-corrected chi connectivity index (χ3v) is 8.85. The van der Waals surface area contributed by atoms with Crippen LogP contribution >= 0.6 is 0 Å². The first-order valence-corrected chi connectivity index (χ1v) is 15.8. The number of nitrogens with zero attached hydrogens (tertiary/aromatic N) is 4. The Labute approximate surface area is 272 Å². The second-order valence-corrected chi connectivity index (χ2v) is 11.7. The number of fused-ring (bicyclic) bond motifs is 5. The van der Waals surface area contributed by atoms with Crippen LogP contribution in [0.2, 0.25) is 0 Å². The summed E-state index contributed by atoms with van der Waals surface area (Å²) in [4.78, 5) is 15.3. The molecule has 220 valence electrons. The fourth-order valence-corrected chi connectivity index (χ4v) is 6.64. The van der Waals surface area contributed by atoms with Crippen LogP contribution in [-0.2, 0) is 0 Å². The molecule has 7 aromatic carbocycles. The Morgan fingerprint density at radius 1 is 0.362 bits per heavy atom. The standard InChI is InChI=1S/C43H28N4/c1-4-14-29(15-5-1)33-24-26-36(43-45-41(31-17-6-2-7-18-31)44-42(46-43)32-19-8-3-9-20-32)39(28-33)47-37-23-13-12-22-35(37)40-34-21-11-10-16-30(34)25-27-38(40)47/h1-28H. The predicted molar refractivity (Wildman–Crippen MR) is 193 cm³/mol. The summed E-state index contributed by atoms with van der Waals surface area (Å²) in [6.07, 6.45) is 0. The number of aromatic nitrogens is 4. The van der Waals surface area contributed by atoms with Gasteiger partial charge in [-0.25, -0.2) is 15.0 Å². The Bertz CT molecular complexity index is 2500. The number of hydrogen-bond acceptors (Lipinski definition) is 3. The van der Waals surface area contributed by atoms with Crippen LogP contribution in [0.4, 0.5) is 0 Å². The molecular weight excluding hydrogens is 573 g/mol. The molecule has 0 fully saturated rings. The lowest BCUT2D eigenvalue weighted by Gasteiger charge is -2.16. The van der Waals surface area contributed by atoms with Crippen molar-refractivity contribution in [1.29, 1.82) is 0 Å². The van der Waals surface area contributed by atoms with Crippen LogP contribution < -0.4 is 0 Å². The van der Waals surface area contributed by atoms with Crippen LogP contribution in [0.15, 0.2) is 170 Å². The first kappa shape index (κ1) is 27.0. The van der Waals surface area contributed by atoms with E-state index in [1.807, 2.05) is 60.7 Å². The van der Waals surface area contributed by atoms with E-state index in [0.29, 0.717) is 17.5 Å². The van der Waals surface area contributed by atoms with Crippen molar-refractivity contribution in [1.82, 2.24) is 19.5 Å². The summed E-state index contributed by atoms with van der Waals surface area (Å²) in [6, 6.07) is 59.2. The monoisotopic (exact) mass is 600 g/mol. The summed E-state index contributed by atoms with van der Waals surface area (Å²) in [6.45, 7) is 0. The van der Waals surface area contributed by atoms with Gasteiger partial charge in [0.1, 0.15) is 0 Å². The maximum Gasteiger partial charge on any atom is 0.166 e. The van der Waals surface area contributed by atoms with Crippen LogP contribution in [0.5, 0.6) is 0 Å². The Morgan fingerprint density at radius 2 is 0.915 bits per heavy atom. The van der Waals surface area contributed by atoms with Gasteiger partial charge in [0, 0.05) is 27.5 Å². The Balaban J connectivity index is 1.38. The molecule has 2 heterocycles. The quantitative estimate of drug-likeness (QED) is 0.197. The lowest BCUT2D eigenvalue weighted by molar-refractivity contribution is 1.06. The van der Waals surface area contributed by atoms with Gasteiger partial charge in [-0.3, -0.25) is 0 Å². The van der Waals surface area contributed by atoms with E-state index in [1.165, 1.54) is 21.5 Å². The van der Waals surface area contributed by atoms with Gasteiger partial charge >= 0.3 is 0 Å². The topological polar surface area (TPSA) is 43.6 Å². The summed E-state index contributed by atoms with van der Waals surface area (Å²) in [5.74, 6) is 1.90. The summed E-state index contributed by atoms with van der Waals surface area (Å²) in [5, 5.41) is 4.90. The molecule has 4 nitrogen and oxygen atoms in total. The molecule has 2 aromatic heterocycles. The van der Waals surface area contributed by atoms with Gasteiger partial charge in [-0.05, 0) is 46.2 Å². The van der Waals surface area contributed by atoms with Gasteiger partial charge in [0.2, 0.25) is 0 Å². The molecule has 0 aliphatic rings. The van der Waals surface area contributed by atoms with Crippen molar-refractivity contribution in [3.8, 4) is 51.0 Å². The van der Waals surface area contributed by atoms with Crippen molar-refractivity contribution in [2.45, 2.75) is 0 Å². The normalized spacial score (nSPS) is 11.4. The van der Waals surface area contributed by atoms with Crippen molar-refractivity contribution < 1.29 is 0 Å². The SMILES string of the molecule is c1ccc(-c2ccc(-c3nc(-c4ccccc4)nc(-c4ccccc4)n3)c(-n3c4ccccc4c4c5ccccc5ccc43)c2)cc1. The third kappa shape index (κ3) is 4.66. The molecule has 0 unspecified atom stereocenters. The molecule has 0 aliphatic carbocycles. The number of hydrogen-bond donors (Lipinski definition) is 0. The van der Waals surface area contributed by atoms with Gasteiger partial charge < -0.3 is 4.57 Å². The lowest BCUT2D eigenvalue weighted by atomic mass is 10.0. The minimum absolute atomic E-state index is 0.624. The summed E-state index contributed by atoms with van der Waals surface area (Å²) < 4.78 is 2.38. The van der Waals surface area contributed by atoms with E-state index in [4.69, 9.17) is 15.0 Å². The van der Waals surface area contributed by atoms with E-state index >= 15 is 0 Å². The van der Waals surface area contributed by atoms with E-state index in [-0.39, 0.29) is 0 Å². The Kier molecular flexibility index (Phi) is 6.43. The maximum atomic E-state index is 5.15. The second kappa shape index (κ2) is 11.2. The zero-order chi connectivity index (χ0) is 31.2. The van der Waals surface area contributed by atoms with Crippen molar-refractivity contribution in [3.05, 3.63) is 170 Å². The molecule has 0 saturated heterocycles. The highest BCUT2D eigenvalue weighted by molar-refractivity contribution is 6.21. The van der Waals surface area contributed by atoms with Gasteiger partial charge in [0.05, 0.1) is 16.7 Å². The van der Waals surface area contributed by atoms with Crippen LogP contribution in [0.3, 0.4) is 0 Å². The zero-order valence-corrected chi connectivity index (χ0v) is 25.5. The Morgan fingerprint density at radius 3 is 1.60 bits per heavy atom. The average Bonchev–Trinajstić information content (AvgIpc) is 3.50. The second-order valence-electron chi connectivity index (χ2n) is 11.7. The van der Waals surface area contributed by atoms with Crippen LogP contribution in [0.25, 0.3) is 83.6 Å². The molecule has 0 saturated carbocycles. The van der Waals surface area contributed by atoms with Gasteiger partial charge in [0.25, 0.3) is 0 Å².